The number of carbonyl (C=O) groups excluding carboxylic acids is 1. The van der Waals surface area contributed by atoms with E-state index in [0.29, 0.717) is 13.0 Å². The minimum atomic E-state index is -1.22. The summed E-state index contributed by atoms with van der Waals surface area (Å²) in [4.78, 5) is 33.6. The molecule has 1 saturated heterocycles. The first-order valence-corrected chi connectivity index (χ1v) is 5.82. The molecule has 0 aromatic rings. The maximum atomic E-state index is 11.7. The van der Waals surface area contributed by atoms with E-state index in [2.05, 4.69) is 0 Å². The summed E-state index contributed by atoms with van der Waals surface area (Å²) in [6.07, 6.45) is 2.52. The van der Waals surface area contributed by atoms with Gasteiger partial charge in [0.1, 0.15) is 13.1 Å². The Morgan fingerprint density at radius 2 is 1.78 bits per heavy atom. The Morgan fingerprint density at radius 3 is 2.22 bits per heavy atom. The normalized spacial score (nSPS) is 18.6. The van der Waals surface area contributed by atoms with Crippen LogP contribution in [0.1, 0.15) is 25.7 Å². The molecule has 1 unspecified atom stereocenters. The fourth-order valence-corrected chi connectivity index (χ4v) is 1.87. The van der Waals surface area contributed by atoms with E-state index in [0.717, 1.165) is 17.7 Å². The van der Waals surface area contributed by atoms with Gasteiger partial charge in [-0.25, -0.2) is 0 Å². The molecule has 1 rings (SSSR count). The van der Waals surface area contributed by atoms with Crippen molar-refractivity contribution < 1.29 is 29.3 Å². The molecular formula is C11H17NO6. The number of amides is 1. The highest BCUT2D eigenvalue weighted by atomic mass is 16.5. The van der Waals surface area contributed by atoms with Crippen LogP contribution >= 0.6 is 0 Å². The Balaban J connectivity index is 2.41. The standard InChI is InChI=1S/C11H17NO6/c13-9(4-3-8-2-1-5-18-8)12(6-10(14)15)7-11(16)17/h8H,1-7H2,(H,14,15)(H,16,17). The Bertz CT molecular complexity index is 307. The number of carboxylic acid groups (broad SMARTS) is 2. The number of carbonyl (C=O) groups is 3. The molecule has 0 radical (unpaired) electrons. The quantitative estimate of drug-likeness (QED) is 0.664. The number of nitrogens with zero attached hydrogens (tertiary/aromatic N) is 1. The monoisotopic (exact) mass is 259 g/mol. The molecular weight excluding hydrogens is 242 g/mol. The molecule has 1 aliphatic rings. The van der Waals surface area contributed by atoms with Gasteiger partial charge in [-0.3, -0.25) is 14.4 Å². The molecule has 0 aliphatic carbocycles. The first-order chi connectivity index (χ1) is 8.49. The first-order valence-electron chi connectivity index (χ1n) is 5.82. The smallest absolute Gasteiger partial charge is 0.323 e. The van der Waals surface area contributed by atoms with Crippen molar-refractivity contribution in [3.8, 4) is 0 Å². The van der Waals surface area contributed by atoms with Crippen LogP contribution in [0.2, 0.25) is 0 Å². The van der Waals surface area contributed by atoms with Crippen molar-refractivity contribution in [2.45, 2.75) is 31.8 Å². The molecule has 7 heteroatoms. The Kier molecular flexibility index (Phi) is 5.57. The van der Waals surface area contributed by atoms with E-state index in [1.54, 1.807) is 0 Å². The van der Waals surface area contributed by atoms with Crippen molar-refractivity contribution in [1.29, 1.82) is 0 Å². The third-order valence-corrected chi connectivity index (χ3v) is 2.71. The maximum Gasteiger partial charge on any atom is 0.323 e. The Morgan fingerprint density at radius 1 is 1.17 bits per heavy atom. The van der Waals surface area contributed by atoms with Gasteiger partial charge in [-0.2, -0.15) is 0 Å². The number of hydrogen-bond donors (Lipinski definition) is 2. The number of rotatable bonds is 7. The average molecular weight is 259 g/mol. The van der Waals surface area contributed by atoms with Gasteiger partial charge in [0, 0.05) is 13.0 Å². The van der Waals surface area contributed by atoms with Crippen molar-refractivity contribution in [3.05, 3.63) is 0 Å². The minimum absolute atomic E-state index is 0.0328. The number of ether oxygens (including phenoxy) is 1. The molecule has 0 saturated carbocycles. The lowest BCUT2D eigenvalue weighted by Gasteiger charge is -2.19. The van der Waals surface area contributed by atoms with Crippen LogP contribution in [-0.4, -0.2) is 58.8 Å². The van der Waals surface area contributed by atoms with E-state index < -0.39 is 30.9 Å². The summed E-state index contributed by atoms with van der Waals surface area (Å²) in [5.41, 5.74) is 0. The summed E-state index contributed by atoms with van der Waals surface area (Å²) in [6, 6.07) is 0. The van der Waals surface area contributed by atoms with Crippen LogP contribution in [0, 0.1) is 0 Å². The van der Waals surface area contributed by atoms with Gasteiger partial charge in [0.2, 0.25) is 5.91 Å². The van der Waals surface area contributed by atoms with Crippen LogP contribution < -0.4 is 0 Å². The molecule has 1 aliphatic heterocycles. The second-order valence-electron chi connectivity index (χ2n) is 4.21. The average Bonchev–Trinajstić information content (AvgIpc) is 2.76. The summed E-state index contributed by atoms with van der Waals surface area (Å²) in [7, 11) is 0. The molecule has 0 spiro atoms. The molecule has 0 aromatic heterocycles. The molecule has 0 aromatic carbocycles. The summed E-state index contributed by atoms with van der Waals surface area (Å²) in [6.45, 7) is -0.486. The van der Waals surface area contributed by atoms with E-state index >= 15 is 0 Å². The van der Waals surface area contributed by atoms with Gasteiger partial charge in [-0.05, 0) is 19.3 Å². The van der Waals surface area contributed by atoms with Crippen molar-refractivity contribution in [2.75, 3.05) is 19.7 Å². The molecule has 7 nitrogen and oxygen atoms in total. The van der Waals surface area contributed by atoms with Crippen molar-refractivity contribution in [1.82, 2.24) is 4.90 Å². The predicted molar refractivity (Wildman–Crippen MR) is 60.1 cm³/mol. The SMILES string of the molecule is O=C(O)CN(CC(=O)O)C(=O)CCC1CCCO1. The molecule has 1 heterocycles. The van der Waals surface area contributed by atoms with Gasteiger partial charge in [0.15, 0.2) is 0 Å². The molecule has 1 fully saturated rings. The minimum Gasteiger partial charge on any atom is -0.480 e. The van der Waals surface area contributed by atoms with Gasteiger partial charge < -0.3 is 19.8 Å². The lowest BCUT2D eigenvalue weighted by Crippen LogP contribution is -2.39. The van der Waals surface area contributed by atoms with Gasteiger partial charge in [-0.1, -0.05) is 0 Å². The summed E-state index contributed by atoms with van der Waals surface area (Å²) < 4.78 is 5.34. The van der Waals surface area contributed by atoms with E-state index in [1.807, 2.05) is 0 Å². The zero-order chi connectivity index (χ0) is 13.5. The highest BCUT2D eigenvalue weighted by Crippen LogP contribution is 2.17. The molecule has 1 atom stereocenters. The highest BCUT2D eigenvalue weighted by Gasteiger charge is 2.22. The van der Waals surface area contributed by atoms with Crippen LogP contribution in [0.5, 0.6) is 0 Å². The number of hydrogen-bond acceptors (Lipinski definition) is 4. The number of carboxylic acids is 2. The van der Waals surface area contributed by atoms with Gasteiger partial charge in [-0.15, -0.1) is 0 Å². The van der Waals surface area contributed by atoms with Gasteiger partial charge in [0.05, 0.1) is 6.10 Å². The predicted octanol–water partition coefficient (Wildman–Crippen LogP) is -0.0566. The molecule has 0 bridgehead atoms. The third-order valence-electron chi connectivity index (χ3n) is 2.71. The Hall–Kier alpha value is -1.63. The highest BCUT2D eigenvalue weighted by molar-refractivity contribution is 5.85. The van der Waals surface area contributed by atoms with Crippen LogP contribution in [0.4, 0.5) is 0 Å². The van der Waals surface area contributed by atoms with Crippen molar-refractivity contribution in [2.24, 2.45) is 0 Å². The molecule has 1 amide bonds. The van der Waals surface area contributed by atoms with E-state index in [9.17, 15) is 14.4 Å². The van der Waals surface area contributed by atoms with Crippen LogP contribution in [0.15, 0.2) is 0 Å². The fraction of sp³-hybridized carbons (Fsp3) is 0.727. The topological polar surface area (TPSA) is 104 Å². The zero-order valence-corrected chi connectivity index (χ0v) is 10.0. The Labute approximate surface area is 104 Å². The van der Waals surface area contributed by atoms with E-state index in [1.165, 1.54) is 0 Å². The summed E-state index contributed by atoms with van der Waals surface area (Å²) in [5.74, 6) is -2.90. The van der Waals surface area contributed by atoms with Crippen molar-refractivity contribution >= 4 is 17.8 Å². The number of aliphatic carboxylic acids is 2. The lowest BCUT2D eigenvalue weighted by molar-refractivity contribution is -0.149. The second kappa shape index (κ2) is 6.95. The first kappa shape index (κ1) is 14.4. The zero-order valence-electron chi connectivity index (χ0n) is 10.0. The van der Waals surface area contributed by atoms with Crippen molar-refractivity contribution in [3.63, 3.8) is 0 Å². The lowest BCUT2D eigenvalue weighted by atomic mass is 10.1. The second-order valence-corrected chi connectivity index (χ2v) is 4.21. The summed E-state index contributed by atoms with van der Waals surface area (Å²) in [5, 5.41) is 17.2. The largest absolute Gasteiger partial charge is 0.480 e. The van der Waals surface area contributed by atoms with Crippen LogP contribution in [-0.2, 0) is 19.1 Å². The molecule has 2 N–H and O–H groups in total. The summed E-state index contributed by atoms with van der Waals surface area (Å²) >= 11 is 0. The van der Waals surface area contributed by atoms with Crippen LogP contribution in [0.25, 0.3) is 0 Å². The van der Waals surface area contributed by atoms with E-state index in [4.69, 9.17) is 14.9 Å². The van der Waals surface area contributed by atoms with E-state index in [-0.39, 0.29) is 12.5 Å². The fourth-order valence-electron chi connectivity index (χ4n) is 1.87. The maximum absolute atomic E-state index is 11.7. The van der Waals surface area contributed by atoms with Crippen LogP contribution in [0.3, 0.4) is 0 Å². The molecule has 102 valence electrons. The van der Waals surface area contributed by atoms with Gasteiger partial charge in [0.25, 0.3) is 0 Å². The third kappa shape index (κ3) is 5.13. The molecule has 18 heavy (non-hydrogen) atoms. The van der Waals surface area contributed by atoms with Gasteiger partial charge >= 0.3 is 11.9 Å².